The molecule has 0 spiro atoms. The summed E-state index contributed by atoms with van der Waals surface area (Å²) in [5, 5.41) is 3.52. The van der Waals surface area contributed by atoms with Crippen molar-refractivity contribution in [1.29, 1.82) is 0 Å². The number of nitrogens with two attached hydrogens (primary N) is 1. The predicted octanol–water partition coefficient (Wildman–Crippen LogP) is 3.99. The zero-order valence-electron chi connectivity index (χ0n) is 11.2. The quantitative estimate of drug-likeness (QED) is 0.816. The molecule has 18 heavy (non-hydrogen) atoms. The highest BCUT2D eigenvalue weighted by Crippen LogP contribution is 2.20. The maximum atomic E-state index is 5.82. The lowest BCUT2D eigenvalue weighted by Crippen LogP contribution is -2.17. The van der Waals surface area contributed by atoms with Gasteiger partial charge in [-0.2, -0.15) is 0 Å². The van der Waals surface area contributed by atoms with Gasteiger partial charge in [-0.1, -0.05) is 0 Å². The maximum absolute atomic E-state index is 5.82. The second-order valence-corrected chi connectivity index (χ2v) is 6.21. The van der Waals surface area contributed by atoms with Crippen molar-refractivity contribution in [3.8, 4) is 0 Å². The van der Waals surface area contributed by atoms with Crippen molar-refractivity contribution in [2.75, 3.05) is 11.1 Å². The molecule has 0 saturated heterocycles. The summed E-state index contributed by atoms with van der Waals surface area (Å²) in [5.41, 5.74) is 8.93. The maximum Gasteiger partial charge on any atom is 0.0346 e. The first-order valence-electron chi connectivity index (χ1n) is 6.22. The molecule has 2 nitrogen and oxygen atoms in total. The van der Waals surface area contributed by atoms with Crippen LogP contribution in [0, 0.1) is 13.8 Å². The first kappa shape index (κ1) is 13.0. The first-order valence-corrected chi connectivity index (χ1v) is 7.04. The predicted molar refractivity (Wildman–Crippen MR) is 81.4 cm³/mol. The zero-order valence-corrected chi connectivity index (χ0v) is 12.0. The number of benzene rings is 1. The molecule has 3 N–H and O–H groups in total. The van der Waals surface area contributed by atoms with Gasteiger partial charge in [0.2, 0.25) is 0 Å². The molecule has 2 rings (SSSR count). The van der Waals surface area contributed by atoms with Crippen LogP contribution in [0.15, 0.2) is 30.3 Å². The number of anilines is 2. The fourth-order valence-electron chi connectivity index (χ4n) is 2.00. The summed E-state index contributed by atoms with van der Waals surface area (Å²) in [4.78, 5) is 2.81. The van der Waals surface area contributed by atoms with Crippen LogP contribution in [0.25, 0.3) is 0 Å². The lowest BCUT2D eigenvalue weighted by molar-refractivity contribution is 0.800. The van der Waals surface area contributed by atoms with Crippen molar-refractivity contribution in [3.05, 3.63) is 45.6 Å². The molecule has 0 aliphatic carbocycles. The Morgan fingerprint density at radius 1 is 1.22 bits per heavy atom. The van der Waals surface area contributed by atoms with Crippen LogP contribution in [-0.4, -0.2) is 6.04 Å². The Kier molecular flexibility index (Phi) is 3.92. The molecule has 3 heteroatoms. The van der Waals surface area contributed by atoms with Gasteiger partial charge in [0.05, 0.1) is 0 Å². The van der Waals surface area contributed by atoms with E-state index >= 15 is 0 Å². The van der Waals surface area contributed by atoms with E-state index in [4.69, 9.17) is 5.73 Å². The zero-order chi connectivity index (χ0) is 13.1. The minimum Gasteiger partial charge on any atom is -0.399 e. The number of nitrogen functional groups attached to an aromatic ring is 1. The number of hydrogen-bond donors (Lipinski definition) is 2. The normalized spacial score (nSPS) is 12.4. The first-order chi connectivity index (χ1) is 8.54. The minimum absolute atomic E-state index is 0.422. The second-order valence-electron chi connectivity index (χ2n) is 4.83. The van der Waals surface area contributed by atoms with Crippen LogP contribution < -0.4 is 11.1 Å². The standard InChI is InChI=1S/C15H20N2S/c1-10-8-13(5-7-15(10)16)17-11(2)9-14-6-4-12(3)18-14/h4-8,11,17H,9,16H2,1-3H3. The molecular weight excluding hydrogens is 240 g/mol. The smallest absolute Gasteiger partial charge is 0.0346 e. The van der Waals surface area contributed by atoms with Gasteiger partial charge < -0.3 is 11.1 Å². The molecule has 1 aromatic heterocycles. The molecule has 1 unspecified atom stereocenters. The molecule has 0 bridgehead atoms. The fraction of sp³-hybridized carbons (Fsp3) is 0.333. The Hall–Kier alpha value is -1.48. The van der Waals surface area contributed by atoms with Crippen molar-refractivity contribution >= 4 is 22.7 Å². The average Bonchev–Trinajstić information content (AvgIpc) is 2.69. The summed E-state index contributed by atoms with van der Waals surface area (Å²) in [7, 11) is 0. The van der Waals surface area contributed by atoms with E-state index in [0.29, 0.717) is 6.04 Å². The van der Waals surface area contributed by atoms with Gasteiger partial charge in [-0.25, -0.2) is 0 Å². The second kappa shape index (κ2) is 5.44. The third-order valence-electron chi connectivity index (χ3n) is 2.99. The highest BCUT2D eigenvalue weighted by atomic mass is 32.1. The largest absolute Gasteiger partial charge is 0.399 e. The fourth-order valence-corrected chi connectivity index (χ4v) is 3.02. The molecule has 0 saturated carbocycles. The van der Waals surface area contributed by atoms with Crippen molar-refractivity contribution in [1.82, 2.24) is 0 Å². The van der Waals surface area contributed by atoms with E-state index in [0.717, 1.165) is 23.4 Å². The van der Waals surface area contributed by atoms with Crippen molar-refractivity contribution in [2.24, 2.45) is 0 Å². The van der Waals surface area contributed by atoms with E-state index in [1.165, 1.54) is 9.75 Å². The van der Waals surface area contributed by atoms with Gasteiger partial charge in [0.25, 0.3) is 0 Å². The van der Waals surface area contributed by atoms with E-state index in [2.05, 4.69) is 37.4 Å². The van der Waals surface area contributed by atoms with Crippen LogP contribution in [0.2, 0.25) is 0 Å². The van der Waals surface area contributed by atoms with Crippen LogP contribution in [0.3, 0.4) is 0 Å². The number of nitrogens with one attached hydrogen (secondary N) is 1. The number of thiophene rings is 1. The minimum atomic E-state index is 0.422. The summed E-state index contributed by atoms with van der Waals surface area (Å²) in [6, 6.07) is 10.9. The van der Waals surface area contributed by atoms with Gasteiger partial charge in [0.15, 0.2) is 0 Å². The average molecular weight is 260 g/mol. The molecular formula is C15H20N2S. The topological polar surface area (TPSA) is 38.0 Å². The highest BCUT2D eigenvalue weighted by molar-refractivity contribution is 7.11. The Balaban J connectivity index is 1.98. The molecule has 0 aliphatic heterocycles. The van der Waals surface area contributed by atoms with Gasteiger partial charge in [-0.3, -0.25) is 0 Å². The summed E-state index contributed by atoms with van der Waals surface area (Å²) >= 11 is 1.87. The van der Waals surface area contributed by atoms with Gasteiger partial charge in [0, 0.05) is 33.6 Å². The molecule has 96 valence electrons. The Bertz CT molecular complexity index is 531. The third-order valence-corrected chi connectivity index (χ3v) is 4.01. The van der Waals surface area contributed by atoms with Gasteiger partial charge in [-0.05, 0) is 56.7 Å². The third kappa shape index (κ3) is 3.26. The van der Waals surface area contributed by atoms with Crippen LogP contribution in [0.4, 0.5) is 11.4 Å². The van der Waals surface area contributed by atoms with Crippen molar-refractivity contribution in [2.45, 2.75) is 33.2 Å². The summed E-state index contributed by atoms with van der Waals surface area (Å²) in [6.07, 6.45) is 1.06. The molecule has 0 amide bonds. The van der Waals surface area contributed by atoms with Gasteiger partial charge in [0.1, 0.15) is 0 Å². The lowest BCUT2D eigenvalue weighted by atomic mass is 10.1. The Morgan fingerprint density at radius 3 is 2.61 bits per heavy atom. The van der Waals surface area contributed by atoms with Crippen LogP contribution >= 0.6 is 11.3 Å². The van der Waals surface area contributed by atoms with E-state index in [1.807, 2.05) is 30.4 Å². The summed E-state index contributed by atoms with van der Waals surface area (Å²) in [6.45, 7) is 6.39. The van der Waals surface area contributed by atoms with Crippen LogP contribution in [-0.2, 0) is 6.42 Å². The molecule has 0 radical (unpaired) electrons. The monoisotopic (exact) mass is 260 g/mol. The van der Waals surface area contributed by atoms with E-state index < -0.39 is 0 Å². The van der Waals surface area contributed by atoms with E-state index in [1.54, 1.807) is 0 Å². The van der Waals surface area contributed by atoms with E-state index in [-0.39, 0.29) is 0 Å². The number of rotatable bonds is 4. The van der Waals surface area contributed by atoms with Gasteiger partial charge >= 0.3 is 0 Å². The summed E-state index contributed by atoms with van der Waals surface area (Å²) < 4.78 is 0. The van der Waals surface area contributed by atoms with Crippen LogP contribution in [0.1, 0.15) is 22.2 Å². The molecule has 1 atom stereocenters. The van der Waals surface area contributed by atoms with Gasteiger partial charge in [-0.15, -0.1) is 11.3 Å². The van der Waals surface area contributed by atoms with E-state index in [9.17, 15) is 0 Å². The molecule has 0 aliphatic rings. The molecule has 1 aromatic carbocycles. The van der Waals surface area contributed by atoms with Crippen molar-refractivity contribution < 1.29 is 0 Å². The Morgan fingerprint density at radius 2 is 2.00 bits per heavy atom. The molecule has 0 fully saturated rings. The number of aryl methyl sites for hydroxylation is 2. The Labute approximate surface area is 113 Å². The van der Waals surface area contributed by atoms with Crippen molar-refractivity contribution in [3.63, 3.8) is 0 Å². The highest BCUT2D eigenvalue weighted by Gasteiger charge is 2.06. The lowest BCUT2D eigenvalue weighted by Gasteiger charge is -2.15. The number of hydrogen-bond acceptors (Lipinski definition) is 3. The molecule has 2 aromatic rings. The van der Waals surface area contributed by atoms with Crippen LogP contribution in [0.5, 0.6) is 0 Å². The molecule has 1 heterocycles. The summed E-state index contributed by atoms with van der Waals surface area (Å²) in [5.74, 6) is 0. The SMILES string of the molecule is Cc1ccc(CC(C)Nc2ccc(N)c(C)c2)s1.